The van der Waals surface area contributed by atoms with Crippen molar-refractivity contribution in [2.24, 2.45) is 5.14 Å². The normalized spacial score (nSPS) is 14.4. The van der Waals surface area contributed by atoms with Gasteiger partial charge in [-0.1, -0.05) is 0 Å². The van der Waals surface area contributed by atoms with Gasteiger partial charge in [-0.05, 0) is 48.5 Å². The fraction of sp³-hybridized carbons (Fsp3) is 0.174. The molecule has 4 aromatic rings. The number of halogens is 1. The van der Waals surface area contributed by atoms with Crippen molar-refractivity contribution in [1.82, 2.24) is 15.0 Å². The van der Waals surface area contributed by atoms with Gasteiger partial charge in [-0.2, -0.15) is 0 Å². The molecule has 3 N–H and O–H groups in total. The molecule has 0 amide bonds. The third-order valence-corrected chi connectivity index (χ3v) is 6.41. The summed E-state index contributed by atoms with van der Waals surface area (Å²) in [5.74, 6) is 0.719. The van der Waals surface area contributed by atoms with Crippen LogP contribution in [0.15, 0.2) is 65.8 Å². The highest BCUT2D eigenvalue weighted by molar-refractivity contribution is 7.89. The van der Waals surface area contributed by atoms with Crippen LogP contribution in [0.3, 0.4) is 0 Å². The number of sulfonamides is 1. The summed E-state index contributed by atoms with van der Waals surface area (Å²) < 4.78 is 42.6. The van der Waals surface area contributed by atoms with E-state index in [-0.39, 0.29) is 10.8 Å². The molecule has 9 nitrogen and oxygen atoms in total. The first-order chi connectivity index (χ1) is 16.4. The van der Waals surface area contributed by atoms with Gasteiger partial charge < -0.3 is 15.0 Å². The van der Waals surface area contributed by atoms with Gasteiger partial charge in [0.1, 0.15) is 11.6 Å². The number of nitrogens with zero attached hydrogens (tertiary/aromatic N) is 4. The number of primary sulfonamides is 1. The highest BCUT2D eigenvalue weighted by Crippen LogP contribution is 2.30. The summed E-state index contributed by atoms with van der Waals surface area (Å²) in [7, 11) is -3.78. The number of benzene rings is 2. The predicted molar refractivity (Wildman–Crippen MR) is 127 cm³/mol. The van der Waals surface area contributed by atoms with Gasteiger partial charge in [0.2, 0.25) is 16.0 Å². The van der Waals surface area contributed by atoms with Gasteiger partial charge in [0.25, 0.3) is 0 Å². The Labute approximate surface area is 195 Å². The van der Waals surface area contributed by atoms with E-state index in [0.29, 0.717) is 35.4 Å². The van der Waals surface area contributed by atoms with Gasteiger partial charge in [-0.25, -0.2) is 32.9 Å². The fourth-order valence-corrected chi connectivity index (χ4v) is 4.29. The first-order valence-electron chi connectivity index (χ1n) is 10.5. The molecule has 3 heterocycles. The van der Waals surface area contributed by atoms with Gasteiger partial charge >= 0.3 is 0 Å². The number of anilines is 3. The number of pyridine rings is 1. The molecular formula is C23H21FN6O3S. The summed E-state index contributed by atoms with van der Waals surface area (Å²) in [5, 5.41) is 8.72. The molecule has 0 atom stereocenters. The number of aromatic nitrogens is 3. The second-order valence-electron chi connectivity index (χ2n) is 7.78. The van der Waals surface area contributed by atoms with Crippen LogP contribution in [0, 0.1) is 5.82 Å². The molecule has 0 saturated carbocycles. The zero-order valence-electron chi connectivity index (χ0n) is 18.0. The largest absolute Gasteiger partial charge is 0.378 e. The molecule has 34 heavy (non-hydrogen) atoms. The topological polar surface area (TPSA) is 123 Å². The molecule has 0 radical (unpaired) electrons. The highest BCUT2D eigenvalue weighted by atomic mass is 32.2. The molecule has 0 spiro atoms. The van der Waals surface area contributed by atoms with E-state index in [1.807, 2.05) is 12.1 Å². The van der Waals surface area contributed by atoms with Crippen LogP contribution in [0.4, 0.5) is 21.8 Å². The molecule has 0 aliphatic carbocycles. The number of nitrogens with two attached hydrogens (primary N) is 1. The van der Waals surface area contributed by atoms with Crippen LogP contribution in [-0.2, 0) is 14.8 Å². The van der Waals surface area contributed by atoms with Crippen molar-refractivity contribution in [3.8, 4) is 11.1 Å². The zero-order valence-corrected chi connectivity index (χ0v) is 18.8. The van der Waals surface area contributed by atoms with E-state index < -0.39 is 15.8 Å². The number of fused-ring (bicyclic) bond motifs is 1. The number of hydrogen-bond donors (Lipinski definition) is 2. The number of hydrogen-bond acceptors (Lipinski definition) is 8. The Balaban J connectivity index is 1.47. The smallest absolute Gasteiger partial charge is 0.238 e. The van der Waals surface area contributed by atoms with Crippen molar-refractivity contribution in [1.29, 1.82) is 0 Å². The molecule has 1 aliphatic rings. The van der Waals surface area contributed by atoms with Gasteiger partial charge in [0.05, 0.1) is 23.6 Å². The van der Waals surface area contributed by atoms with Crippen LogP contribution >= 0.6 is 0 Å². The number of ether oxygens (including phenoxy) is 1. The molecule has 2 aromatic carbocycles. The molecule has 2 aromatic heterocycles. The summed E-state index contributed by atoms with van der Waals surface area (Å²) in [5.41, 5.74) is 2.45. The third-order valence-electron chi connectivity index (χ3n) is 5.48. The first kappa shape index (κ1) is 22.1. The molecule has 11 heteroatoms. The molecule has 1 saturated heterocycles. The quantitative estimate of drug-likeness (QED) is 0.447. The molecular weight excluding hydrogens is 459 g/mol. The van der Waals surface area contributed by atoms with Crippen LogP contribution < -0.4 is 15.4 Å². The number of morpholine rings is 1. The van der Waals surface area contributed by atoms with E-state index >= 15 is 0 Å². The van der Waals surface area contributed by atoms with E-state index in [9.17, 15) is 12.8 Å². The standard InChI is InChI=1S/C23H21FN6O3S/c24-17-11-16-14-27-23(28-18-2-4-19(5-3-18)34(25,31)32)29-22(16)20(12-17)15-1-6-21(26-13-15)30-7-9-33-10-8-30/h1-6,11-14H,7-10H2,(H2,25,31,32)(H,27,28,29). The summed E-state index contributed by atoms with van der Waals surface area (Å²) >= 11 is 0. The minimum Gasteiger partial charge on any atom is -0.378 e. The second-order valence-corrected chi connectivity index (χ2v) is 9.35. The Morgan fingerprint density at radius 3 is 2.44 bits per heavy atom. The maximum absolute atomic E-state index is 14.4. The summed E-state index contributed by atoms with van der Waals surface area (Å²) in [6, 6.07) is 12.5. The third kappa shape index (κ3) is 4.67. The van der Waals surface area contributed by atoms with Gasteiger partial charge in [0, 0.05) is 47.7 Å². The summed E-state index contributed by atoms with van der Waals surface area (Å²) in [6.07, 6.45) is 3.24. The fourth-order valence-electron chi connectivity index (χ4n) is 3.77. The minimum absolute atomic E-state index is 0.00303. The van der Waals surface area contributed by atoms with E-state index in [0.717, 1.165) is 24.5 Å². The average Bonchev–Trinajstić information content (AvgIpc) is 2.84. The van der Waals surface area contributed by atoms with Crippen molar-refractivity contribution >= 4 is 38.4 Å². The molecule has 0 bridgehead atoms. The van der Waals surface area contributed by atoms with E-state index in [1.165, 1.54) is 30.5 Å². The lowest BCUT2D eigenvalue weighted by atomic mass is 10.0. The van der Waals surface area contributed by atoms with Crippen LogP contribution in [0.5, 0.6) is 0 Å². The van der Waals surface area contributed by atoms with E-state index in [1.54, 1.807) is 18.3 Å². The predicted octanol–water partition coefficient (Wildman–Crippen LogP) is 3.06. The molecule has 1 aliphatic heterocycles. The van der Waals surface area contributed by atoms with E-state index in [2.05, 4.69) is 25.2 Å². The zero-order chi connectivity index (χ0) is 23.7. The highest BCUT2D eigenvalue weighted by Gasteiger charge is 2.15. The molecule has 0 unspecified atom stereocenters. The van der Waals surface area contributed by atoms with Crippen molar-refractivity contribution in [3.63, 3.8) is 0 Å². The lowest BCUT2D eigenvalue weighted by molar-refractivity contribution is 0.122. The van der Waals surface area contributed by atoms with Crippen LogP contribution in [0.1, 0.15) is 0 Å². The van der Waals surface area contributed by atoms with Crippen molar-refractivity contribution in [3.05, 3.63) is 66.7 Å². The maximum Gasteiger partial charge on any atom is 0.238 e. The summed E-state index contributed by atoms with van der Waals surface area (Å²) in [4.78, 5) is 15.6. The molecule has 1 fully saturated rings. The first-order valence-corrected chi connectivity index (χ1v) is 12.1. The lowest BCUT2D eigenvalue weighted by Gasteiger charge is -2.27. The van der Waals surface area contributed by atoms with Crippen LogP contribution in [-0.4, -0.2) is 49.7 Å². The monoisotopic (exact) mass is 480 g/mol. The van der Waals surface area contributed by atoms with Crippen molar-refractivity contribution in [2.45, 2.75) is 4.90 Å². The Kier molecular flexibility index (Phi) is 5.82. The Bertz CT molecular complexity index is 1440. The van der Waals surface area contributed by atoms with Crippen LogP contribution in [0.25, 0.3) is 22.0 Å². The van der Waals surface area contributed by atoms with Gasteiger partial charge in [-0.15, -0.1) is 0 Å². The molecule has 5 rings (SSSR count). The van der Waals surface area contributed by atoms with Crippen molar-refractivity contribution < 1.29 is 17.5 Å². The summed E-state index contributed by atoms with van der Waals surface area (Å²) in [6.45, 7) is 2.87. The van der Waals surface area contributed by atoms with Crippen molar-refractivity contribution in [2.75, 3.05) is 36.5 Å². The van der Waals surface area contributed by atoms with Gasteiger partial charge in [-0.3, -0.25) is 0 Å². The molecule has 174 valence electrons. The Morgan fingerprint density at radius 1 is 1.00 bits per heavy atom. The van der Waals surface area contributed by atoms with E-state index in [4.69, 9.17) is 9.88 Å². The second kappa shape index (κ2) is 8.93. The Hall–Kier alpha value is -3.67. The lowest BCUT2D eigenvalue weighted by Crippen LogP contribution is -2.36. The Morgan fingerprint density at radius 2 is 1.76 bits per heavy atom. The van der Waals surface area contributed by atoms with Crippen LogP contribution in [0.2, 0.25) is 0 Å². The maximum atomic E-state index is 14.4. The SMILES string of the molecule is NS(=O)(=O)c1ccc(Nc2ncc3cc(F)cc(-c4ccc(N5CCOCC5)nc4)c3n2)cc1. The number of rotatable bonds is 5. The van der Waals surface area contributed by atoms with Gasteiger partial charge in [0.15, 0.2) is 0 Å². The minimum atomic E-state index is -3.78. The number of nitrogens with one attached hydrogen (secondary N) is 1. The average molecular weight is 481 g/mol.